The van der Waals surface area contributed by atoms with E-state index in [1.165, 1.54) is 57.1 Å². The average Bonchev–Trinajstić information content (AvgIpc) is 3.56. The number of methoxy groups -OCH3 is 1. The van der Waals surface area contributed by atoms with E-state index in [-0.39, 0.29) is 11.2 Å². The molecule has 0 heterocycles. The summed E-state index contributed by atoms with van der Waals surface area (Å²) in [6.45, 7) is 9.75. The summed E-state index contributed by atoms with van der Waals surface area (Å²) >= 11 is 0. The number of hydrogen-bond acceptors (Lipinski definition) is 3. The standard InChI is InChI=1S/C20H28O.C19H26O2/c1-19-10-4-5-17(19)16-7-6-14-13-15(21-3)8-12-20(14,2)18(16)9-11-19;1-18-7-3-4-14(18)13-11-17(21)16-10-12(20)5-9-19(16,2)15(13)6-8-18/h4,6,10,13,16-18H,5,7-9,11-12H2,1-3H3;3,7,10,13-15,17,21H,4-6,8-9,11H2,1-2H3/t;13?,14?,15?,17-,18?,19?/m.1/s1. The summed E-state index contributed by atoms with van der Waals surface area (Å²) in [5.41, 5.74) is 3.92. The van der Waals surface area contributed by atoms with Crippen molar-refractivity contribution in [1.82, 2.24) is 0 Å². The molecular weight excluding hydrogens is 516 g/mol. The van der Waals surface area contributed by atoms with E-state index >= 15 is 0 Å². The molecule has 0 aromatic rings. The number of ketones is 1. The molecule has 8 aliphatic carbocycles. The predicted octanol–water partition coefficient (Wildman–Crippen LogP) is 8.91. The zero-order chi connectivity index (χ0) is 29.5. The first-order chi connectivity index (χ1) is 20.0. The highest BCUT2D eigenvalue weighted by Crippen LogP contribution is 2.65. The second-order valence-corrected chi connectivity index (χ2v) is 16.5. The molecule has 0 aromatic heterocycles. The van der Waals surface area contributed by atoms with Crippen LogP contribution in [-0.4, -0.2) is 24.1 Å². The first-order valence-electron chi connectivity index (χ1n) is 17.2. The van der Waals surface area contributed by atoms with Crippen LogP contribution in [0.3, 0.4) is 0 Å². The second-order valence-electron chi connectivity index (χ2n) is 16.5. The maximum atomic E-state index is 11.8. The van der Waals surface area contributed by atoms with Crippen LogP contribution in [0.4, 0.5) is 0 Å². The summed E-state index contributed by atoms with van der Waals surface area (Å²) < 4.78 is 5.52. The molecule has 11 atom stereocenters. The molecule has 0 bridgehead atoms. The van der Waals surface area contributed by atoms with Crippen molar-refractivity contribution in [2.24, 2.45) is 57.2 Å². The zero-order valence-corrected chi connectivity index (χ0v) is 26.8. The van der Waals surface area contributed by atoms with Crippen molar-refractivity contribution < 1.29 is 14.6 Å². The van der Waals surface area contributed by atoms with Crippen LogP contribution in [0.2, 0.25) is 0 Å². The van der Waals surface area contributed by atoms with Crippen molar-refractivity contribution in [3.63, 3.8) is 0 Å². The van der Waals surface area contributed by atoms with E-state index < -0.39 is 6.10 Å². The highest BCUT2D eigenvalue weighted by atomic mass is 16.5. The quantitative estimate of drug-likeness (QED) is 0.320. The van der Waals surface area contributed by atoms with Crippen molar-refractivity contribution in [2.75, 3.05) is 7.11 Å². The maximum absolute atomic E-state index is 11.8. The topological polar surface area (TPSA) is 46.5 Å². The Morgan fingerprint density at radius 2 is 1.38 bits per heavy atom. The molecule has 8 rings (SSSR count). The molecule has 3 saturated carbocycles. The van der Waals surface area contributed by atoms with Crippen LogP contribution < -0.4 is 0 Å². The molecular formula is C39H54O3. The van der Waals surface area contributed by atoms with E-state index in [4.69, 9.17) is 4.74 Å². The highest BCUT2D eigenvalue weighted by Gasteiger charge is 2.57. The maximum Gasteiger partial charge on any atom is 0.155 e. The van der Waals surface area contributed by atoms with Crippen molar-refractivity contribution >= 4 is 5.78 Å². The molecule has 0 radical (unpaired) electrons. The van der Waals surface area contributed by atoms with Gasteiger partial charge in [-0.2, -0.15) is 0 Å². The monoisotopic (exact) mass is 570 g/mol. The van der Waals surface area contributed by atoms with Gasteiger partial charge < -0.3 is 9.84 Å². The fraction of sp³-hybridized carbons (Fsp3) is 0.718. The molecule has 10 unspecified atom stereocenters. The van der Waals surface area contributed by atoms with Crippen molar-refractivity contribution in [2.45, 2.75) is 111 Å². The Labute approximate surface area is 254 Å². The molecule has 0 spiro atoms. The van der Waals surface area contributed by atoms with E-state index in [9.17, 15) is 9.90 Å². The number of ether oxygens (including phenoxy) is 1. The van der Waals surface area contributed by atoms with Crippen molar-refractivity contribution in [3.8, 4) is 0 Å². The normalized spacial score (nSPS) is 49.9. The minimum Gasteiger partial charge on any atom is -0.501 e. The summed E-state index contributed by atoms with van der Waals surface area (Å²) in [5.74, 6) is 6.02. The van der Waals surface area contributed by atoms with E-state index in [2.05, 4.69) is 64.2 Å². The van der Waals surface area contributed by atoms with Gasteiger partial charge in [0.2, 0.25) is 0 Å². The van der Waals surface area contributed by atoms with Crippen LogP contribution in [0.15, 0.2) is 59.4 Å². The van der Waals surface area contributed by atoms with Crippen LogP contribution in [0.25, 0.3) is 0 Å². The highest BCUT2D eigenvalue weighted by molar-refractivity contribution is 5.91. The van der Waals surface area contributed by atoms with E-state index in [0.717, 1.165) is 42.6 Å². The Morgan fingerprint density at radius 3 is 2.05 bits per heavy atom. The lowest BCUT2D eigenvalue weighted by molar-refractivity contribution is -0.118. The molecule has 8 aliphatic rings. The first kappa shape index (κ1) is 28.9. The molecule has 42 heavy (non-hydrogen) atoms. The van der Waals surface area contributed by atoms with Crippen LogP contribution in [0.5, 0.6) is 0 Å². The fourth-order valence-corrected chi connectivity index (χ4v) is 12.0. The minimum atomic E-state index is -0.400. The number of aliphatic hydroxyl groups excluding tert-OH is 1. The largest absolute Gasteiger partial charge is 0.501 e. The molecule has 0 saturated heterocycles. The summed E-state index contributed by atoms with van der Waals surface area (Å²) in [6.07, 6.45) is 30.0. The number of carbonyl (C=O) groups excluding carboxylic acids is 1. The lowest BCUT2D eigenvalue weighted by Crippen LogP contribution is -2.53. The molecule has 3 fully saturated rings. The van der Waals surface area contributed by atoms with Crippen LogP contribution in [-0.2, 0) is 9.53 Å². The lowest BCUT2D eigenvalue weighted by Gasteiger charge is -2.58. The van der Waals surface area contributed by atoms with E-state index in [1.54, 1.807) is 11.6 Å². The van der Waals surface area contributed by atoms with Crippen molar-refractivity contribution in [3.05, 3.63) is 59.4 Å². The molecule has 3 nitrogen and oxygen atoms in total. The number of aliphatic hydroxyl groups is 1. The fourth-order valence-electron chi connectivity index (χ4n) is 12.0. The van der Waals surface area contributed by atoms with Gasteiger partial charge in [0.25, 0.3) is 0 Å². The number of carbonyl (C=O) groups is 1. The van der Waals surface area contributed by atoms with Gasteiger partial charge in [0.15, 0.2) is 5.78 Å². The van der Waals surface area contributed by atoms with Gasteiger partial charge in [-0.1, -0.05) is 58.1 Å². The number of hydrogen-bond donors (Lipinski definition) is 1. The Kier molecular flexibility index (Phi) is 6.93. The molecule has 228 valence electrons. The second kappa shape index (κ2) is 10.1. The zero-order valence-electron chi connectivity index (χ0n) is 26.8. The Bertz CT molecular complexity index is 1280. The smallest absolute Gasteiger partial charge is 0.155 e. The third-order valence-corrected chi connectivity index (χ3v) is 14.6. The Morgan fingerprint density at radius 1 is 0.762 bits per heavy atom. The minimum absolute atomic E-state index is 0.0557. The molecule has 0 aromatic carbocycles. The van der Waals surface area contributed by atoms with Crippen LogP contribution in [0, 0.1) is 57.2 Å². The number of fused-ring (bicyclic) bond motifs is 10. The predicted molar refractivity (Wildman–Crippen MR) is 169 cm³/mol. The first-order valence-corrected chi connectivity index (χ1v) is 17.2. The summed E-state index contributed by atoms with van der Waals surface area (Å²) in [7, 11) is 1.82. The van der Waals surface area contributed by atoms with E-state index in [0.29, 0.717) is 40.4 Å². The Hall–Kier alpha value is -1.87. The van der Waals surface area contributed by atoms with Gasteiger partial charge in [-0.25, -0.2) is 0 Å². The van der Waals surface area contributed by atoms with Crippen LogP contribution >= 0.6 is 0 Å². The molecule has 1 N–H and O–H groups in total. The number of rotatable bonds is 1. The van der Waals surface area contributed by atoms with Crippen molar-refractivity contribution in [1.29, 1.82) is 0 Å². The van der Waals surface area contributed by atoms with Gasteiger partial charge in [0.05, 0.1) is 19.0 Å². The summed E-state index contributed by atoms with van der Waals surface area (Å²) in [4.78, 5) is 11.8. The Balaban J connectivity index is 0.000000137. The third kappa shape index (κ3) is 4.26. The van der Waals surface area contributed by atoms with Gasteiger partial charge >= 0.3 is 0 Å². The SMILES string of the molecule is CC12C=CCC1C1C[C@@H](O)C3=CC(=O)CCC3(C)C1CC2.COC1=CC2=CCC3C4CC=CC4(C)CCC3C2(C)CC1. The van der Waals surface area contributed by atoms with Gasteiger partial charge in [-0.15, -0.1) is 0 Å². The summed E-state index contributed by atoms with van der Waals surface area (Å²) in [6, 6.07) is 0. The number of allylic oxidation sites excluding steroid dienone is 9. The third-order valence-electron chi connectivity index (χ3n) is 14.6. The average molecular weight is 571 g/mol. The summed E-state index contributed by atoms with van der Waals surface area (Å²) in [5, 5.41) is 10.7. The van der Waals surface area contributed by atoms with E-state index in [1.807, 2.05) is 7.11 Å². The van der Waals surface area contributed by atoms with Crippen LogP contribution in [0.1, 0.15) is 105 Å². The van der Waals surface area contributed by atoms with Gasteiger partial charge in [0.1, 0.15) is 0 Å². The van der Waals surface area contributed by atoms with Gasteiger partial charge in [0, 0.05) is 12.8 Å². The molecule has 0 aliphatic heterocycles. The van der Waals surface area contributed by atoms with Gasteiger partial charge in [-0.3, -0.25) is 4.79 Å². The lowest BCUT2D eigenvalue weighted by atomic mass is 9.47. The molecule has 3 heteroatoms. The molecule has 0 amide bonds. The van der Waals surface area contributed by atoms with Gasteiger partial charge in [-0.05, 0) is 145 Å².